The number of allylic oxidation sites excluding steroid dienone is 1. The molecule has 2 aromatic heterocycles. The number of aromatic amines is 1. The predicted octanol–water partition coefficient (Wildman–Crippen LogP) is 6.04. The lowest BCUT2D eigenvalue weighted by Crippen LogP contribution is -2.09. The Hall–Kier alpha value is -4.72. The zero-order valence-electron chi connectivity index (χ0n) is 20.3. The fraction of sp³-hybridized carbons (Fsp3) is 0.143. The van der Waals surface area contributed by atoms with Crippen LogP contribution < -0.4 is 19.5 Å². The highest BCUT2D eigenvalue weighted by atomic mass is 16.5. The van der Waals surface area contributed by atoms with E-state index in [1.54, 1.807) is 27.6 Å². The number of amides is 1. The monoisotopic (exact) mass is 483 g/mol. The zero-order valence-corrected chi connectivity index (χ0v) is 20.3. The summed E-state index contributed by atoms with van der Waals surface area (Å²) in [5, 5.41) is 3.64. The predicted molar refractivity (Wildman–Crippen MR) is 140 cm³/mol. The molecule has 0 aliphatic rings. The van der Waals surface area contributed by atoms with Crippen LogP contribution in [-0.2, 0) is 4.79 Å². The summed E-state index contributed by atoms with van der Waals surface area (Å²) in [5.74, 6) is 2.05. The molecule has 0 fully saturated rings. The summed E-state index contributed by atoms with van der Waals surface area (Å²) < 4.78 is 22.5. The Morgan fingerprint density at radius 2 is 1.78 bits per heavy atom. The highest BCUT2D eigenvalue weighted by molar-refractivity contribution is 6.05. The Morgan fingerprint density at radius 1 is 0.972 bits per heavy atom. The van der Waals surface area contributed by atoms with E-state index in [0.717, 1.165) is 33.1 Å². The average Bonchev–Trinajstić information content (AvgIpc) is 3.50. The van der Waals surface area contributed by atoms with E-state index in [2.05, 4.69) is 15.3 Å². The molecular formula is C28H25N3O5. The van der Waals surface area contributed by atoms with Gasteiger partial charge in [-0.1, -0.05) is 12.1 Å². The van der Waals surface area contributed by atoms with Gasteiger partial charge in [-0.2, -0.15) is 0 Å². The maximum atomic E-state index is 12.8. The molecule has 36 heavy (non-hydrogen) atoms. The molecule has 8 heteroatoms. The average molecular weight is 484 g/mol. The van der Waals surface area contributed by atoms with Gasteiger partial charge >= 0.3 is 0 Å². The standard InChI is InChI=1S/C28H25N3O5/c1-16(11-27(32)31-28-29-22-7-5-6-8-23(22)30-28)18-13-20-21(15-36-26(20)14-25(18)35-4)19-12-17(33-2)9-10-24(19)34-3/h5-15H,1-4H3,(H2,29,30,31,32)/b16-11+. The van der Waals surface area contributed by atoms with Crippen molar-refractivity contribution in [3.8, 4) is 28.4 Å². The second kappa shape index (κ2) is 9.50. The van der Waals surface area contributed by atoms with Gasteiger partial charge in [-0.3, -0.25) is 10.1 Å². The number of carbonyl (C=O) groups is 1. The van der Waals surface area contributed by atoms with Crippen molar-refractivity contribution in [3.63, 3.8) is 0 Å². The molecule has 8 nitrogen and oxygen atoms in total. The molecule has 2 N–H and O–H groups in total. The van der Waals surface area contributed by atoms with E-state index in [4.69, 9.17) is 18.6 Å². The van der Waals surface area contributed by atoms with E-state index in [1.807, 2.05) is 61.5 Å². The van der Waals surface area contributed by atoms with Crippen LogP contribution in [0, 0.1) is 0 Å². The molecule has 182 valence electrons. The van der Waals surface area contributed by atoms with E-state index in [9.17, 15) is 4.79 Å². The first-order valence-electron chi connectivity index (χ1n) is 11.3. The van der Waals surface area contributed by atoms with Crippen molar-refractivity contribution in [2.45, 2.75) is 6.92 Å². The van der Waals surface area contributed by atoms with Crippen molar-refractivity contribution >= 4 is 39.4 Å². The third-order valence-corrected chi connectivity index (χ3v) is 6.00. The van der Waals surface area contributed by atoms with E-state index in [1.165, 1.54) is 6.08 Å². The molecule has 0 aliphatic carbocycles. The molecule has 0 saturated heterocycles. The first-order chi connectivity index (χ1) is 17.5. The molecule has 0 unspecified atom stereocenters. The van der Waals surface area contributed by atoms with Crippen LogP contribution in [0.1, 0.15) is 12.5 Å². The van der Waals surface area contributed by atoms with Crippen molar-refractivity contribution < 1.29 is 23.4 Å². The lowest BCUT2D eigenvalue weighted by Gasteiger charge is -2.12. The van der Waals surface area contributed by atoms with Crippen molar-refractivity contribution in [1.29, 1.82) is 0 Å². The molecule has 0 saturated carbocycles. The number of anilines is 1. The van der Waals surface area contributed by atoms with Crippen molar-refractivity contribution in [2.24, 2.45) is 0 Å². The van der Waals surface area contributed by atoms with Gasteiger partial charge in [0.25, 0.3) is 5.91 Å². The van der Waals surface area contributed by atoms with Crippen molar-refractivity contribution in [3.05, 3.63) is 72.5 Å². The van der Waals surface area contributed by atoms with E-state index in [-0.39, 0.29) is 5.91 Å². The summed E-state index contributed by atoms with van der Waals surface area (Å²) in [5.41, 5.74) is 5.42. The minimum absolute atomic E-state index is 0.310. The van der Waals surface area contributed by atoms with E-state index < -0.39 is 0 Å². The van der Waals surface area contributed by atoms with Crippen LogP contribution in [0.2, 0.25) is 0 Å². The number of benzene rings is 3. The molecule has 0 radical (unpaired) electrons. The molecule has 0 aliphatic heterocycles. The number of fused-ring (bicyclic) bond motifs is 2. The van der Waals surface area contributed by atoms with Crippen LogP contribution in [0.25, 0.3) is 38.7 Å². The molecule has 5 aromatic rings. The Morgan fingerprint density at radius 3 is 2.53 bits per heavy atom. The number of hydrogen-bond acceptors (Lipinski definition) is 6. The molecule has 0 spiro atoms. The van der Waals surface area contributed by atoms with Crippen LogP contribution in [0.3, 0.4) is 0 Å². The summed E-state index contributed by atoms with van der Waals surface area (Å²) in [7, 11) is 4.82. The number of H-pyrrole nitrogens is 1. The summed E-state index contributed by atoms with van der Waals surface area (Å²) in [4.78, 5) is 20.3. The molecule has 0 atom stereocenters. The lowest BCUT2D eigenvalue weighted by atomic mass is 9.98. The summed E-state index contributed by atoms with van der Waals surface area (Å²) in [6, 6.07) is 16.9. The highest BCUT2D eigenvalue weighted by Gasteiger charge is 2.18. The lowest BCUT2D eigenvalue weighted by molar-refractivity contribution is -0.111. The minimum atomic E-state index is -0.310. The topological polar surface area (TPSA) is 98.6 Å². The third kappa shape index (κ3) is 4.24. The highest BCUT2D eigenvalue weighted by Crippen LogP contribution is 2.41. The number of para-hydroxylation sites is 2. The second-order valence-electron chi connectivity index (χ2n) is 8.18. The number of nitrogens with zero attached hydrogens (tertiary/aromatic N) is 1. The maximum Gasteiger partial charge on any atom is 0.250 e. The van der Waals surface area contributed by atoms with Gasteiger partial charge in [-0.05, 0) is 48.9 Å². The first kappa shape index (κ1) is 23.0. The fourth-order valence-corrected chi connectivity index (χ4v) is 4.20. The molecule has 1 amide bonds. The maximum absolute atomic E-state index is 12.8. The van der Waals surface area contributed by atoms with E-state index in [0.29, 0.717) is 34.4 Å². The zero-order chi connectivity index (χ0) is 25.2. The van der Waals surface area contributed by atoms with Crippen LogP contribution in [0.15, 0.2) is 71.4 Å². The van der Waals surface area contributed by atoms with Crippen LogP contribution >= 0.6 is 0 Å². The number of hydrogen-bond donors (Lipinski definition) is 2. The summed E-state index contributed by atoms with van der Waals surface area (Å²) >= 11 is 0. The smallest absolute Gasteiger partial charge is 0.250 e. The Labute approximate surface area is 207 Å². The number of rotatable bonds is 7. The van der Waals surface area contributed by atoms with Crippen LogP contribution in [0.4, 0.5) is 5.95 Å². The quantitative estimate of drug-likeness (QED) is 0.274. The van der Waals surface area contributed by atoms with E-state index >= 15 is 0 Å². The van der Waals surface area contributed by atoms with Gasteiger partial charge in [0.2, 0.25) is 5.95 Å². The van der Waals surface area contributed by atoms with Gasteiger partial charge in [0.15, 0.2) is 0 Å². The van der Waals surface area contributed by atoms with Crippen molar-refractivity contribution in [1.82, 2.24) is 9.97 Å². The molecular weight excluding hydrogens is 458 g/mol. The molecule has 0 bridgehead atoms. The Bertz CT molecular complexity index is 1580. The number of furan rings is 1. The number of ether oxygens (including phenoxy) is 3. The van der Waals surface area contributed by atoms with Gasteiger partial charge in [-0.25, -0.2) is 4.98 Å². The largest absolute Gasteiger partial charge is 0.497 e. The summed E-state index contributed by atoms with van der Waals surface area (Å²) in [6.07, 6.45) is 3.20. The number of nitrogens with one attached hydrogen (secondary N) is 2. The number of aromatic nitrogens is 2. The number of imidazole rings is 1. The van der Waals surface area contributed by atoms with Gasteiger partial charge in [0.05, 0.1) is 38.6 Å². The fourth-order valence-electron chi connectivity index (χ4n) is 4.20. The van der Waals surface area contributed by atoms with Gasteiger partial charge in [0.1, 0.15) is 22.8 Å². The van der Waals surface area contributed by atoms with Gasteiger partial charge in [-0.15, -0.1) is 0 Å². The minimum Gasteiger partial charge on any atom is -0.497 e. The number of carbonyl (C=O) groups excluding carboxylic acids is 1. The van der Waals surface area contributed by atoms with Gasteiger partial charge in [0, 0.05) is 34.2 Å². The molecule has 5 rings (SSSR count). The SMILES string of the molecule is COc1ccc(OC)c(-c2coc3cc(OC)c(/C(C)=C/C(=O)Nc4nc5ccccc5[nH]4)cc23)c1. The molecule has 2 heterocycles. The summed E-state index contributed by atoms with van der Waals surface area (Å²) in [6.45, 7) is 1.85. The van der Waals surface area contributed by atoms with Crippen LogP contribution in [-0.4, -0.2) is 37.2 Å². The Kier molecular flexibility index (Phi) is 6.08. The van der Waals surface area contributed by atoms with Gasteiger partial charge < -0.3 is 23.6 Å². The molecule has 3 aromatic carbocycles. The number of methoxy groups -OCH3 is 3. The second-order valence-corrected chi connectivity index (χ2v) is 8.18. The van der Waals surface area contributed by atoms with Crippen molar-refractivity contribution in [2.75, 3.05) is 26.6 Å². The Balaban J connectivity index is 1.52. The van der Waals surface area contributed by atoms with Crippen LogP contribution in [0.5, 0.6) is 17.2 Å². The third-order valence-electron chi connectivity index (χ3n) is 6.00. The first-order valence-corrected chi connectivity index (χ1v) is 11.3. The normalized spacial score (nSPS) is 11.6.